The molecule has 0 radical (unpaired) electrons. The van der Waals surface area contributed by atoms with Crippen LogP contribution in [0.1, 0.15) is 58.3 Å². The minimum atomic E-state index is -4.60. The third kappa shape index (κ3) is 15.7. The summed E-state index contributed by atoms with van der Waals surface area (Å²) in [6.45, 7) is 1.26. The fraction of sp³-hybridized carbons (Fsp3) is 0.923. The van der Waals surface area contributed by atoms with Crippen LogP contribution in [0.25, 0.3) is 0 Å². The third-order valence-electron chi connectivity index (χ3n) is 2.86. The van der Waals surface area contributed by atoms with Gasteiger partial charge in [-0.15, -0.1) is 0 Å². The molecular formula is C13H27O7P. The Labute approximate surface area is 125 Å². The topological polar surface area (TPSA) is 113 Å². The van der Waals surface area contributed by atoms with Gasteiger partial charge >= 0.3 is 13.8 Å². The molecular weight excluding hydrogens is 299 g/mol. The first kappa shape index (κ1) is 20.5. The summed E-state index contributed by atoms with van der Waals surface area (Å²) in [5.74, 6) is -0.418. The van der Waals surface area contributed by atoms with Crippen LogP contribution in [0.15, 0.2) is 0 Å². The van der Waals surface area contributed by atoms with Crippen LogP contribution in [-0.2, 0) is 18.6 Å². The molecule has 3 N–H and O–H groups in total. The maximum atomic E-state index is 11.4. The quantitative estimate of drug-likeness (QED) is 0.270. The van der Waals surface area contributed by atoms with Crippen LogP contribution in [-0.4, -0.2) is 40.2 Å². The second-order valence-electron chi connectivity index (χ2n) is 4.99. The van der Waals surface area contributed by atoms with E-state index >= 15 is 0 Å². The maximum Gasteiger partial charge on any atom is 0.469 e. The molecule has 1 atom stereocenters. The van der Waals surface area contributed by atoms with Crippen LogP contribution in [0.5, 0.6) is 0 Å². The van der Waals surface area contributed by atoms with Gasteiger partial charge in [-0.3, -0.25) is 9.32 Å². The van der Waals surface area contributed by atoms with Gasteiger partial charge in [0.2, 0.25) is 0 Å². The fourth-order valence-electron chi connectivity index (χ4n) is 1.72. The molecule has 0 aromatic carbocycles. The third-order valence-corrected chi connectivity index (χ3v) is 3.34. The number of carbonyl (C=O) groups excluding carboxylic acids is 1. The van der Waals surface area contributed by atoms with E-state index in [4.69, 9.17) is 14.5 Å². The molecule has 0 aromatic heterocycles. The van der Waals surface area contributed by atoms with Crippen molar-refractivity contribution in [2.45, 2.75) is 64.4 Å². The number of phosphoric acid groups is 1. The number of ether oxygens (including phenoxy) is 1. The highest BCUT2D eigenvalue weighted by Gasteiger charge is 2.17. The Morgan fingerprint density at radius 3 is 2.19 bits per heavy atom. The van der Waals surface area contributed by atoms with Gasteiger partial charge in [0, 0.05) is 6.42 Å². The van der Waals surface area contributed by atoms with Crippen molar-refractivity contribution in [3.05, 3.63) is 0 Å². The molecule has 126 valence electrons. The SMILES string of the molecule is CCCCCCCCCC(=O)OCC(O)COP(=O)(O)O. The van der Waals surface area contributed by atoms with Crippen LogP contribution in [0, 0.1) is 0 Å². The van der Waals surface area contributed by atoms with Crippen LogP contribution in [0.3, 0.4) is 0 Å². The summed E-state index contributed by atoms with van der Waals surface area (Å²) in [6, 6.07) is 0. The van der Waals surface area contributed by atoms with Gasteiger partial charge in [-0.05, 0) is 6.42 Å². The molecule has 0 fully saturated rings. The largest absolute Gasteiger partial charge is 0.469 e. The number of phosphoric ester groups is 1. The van der Waals surface area contributed by atoms with E-state index in [-0.39, 0.29) is 6.61 Å². The van der Waals surface area contributed by atoms with E-state index in [0.29, 0.717) is 6.42 Å². The van der Waals surface area contributed by atoms with Crippen molar-refractivity contribution in [3.8, 4) is 0 Å². The van der Waals surface area contributed by atoms with Gasteiger partial charge in [0.1, 0.15) is 12.7 Å². The number of unbranched alkanes of at least 4 members (excludes halogenated alkanes) is 6. The predicted molar refractivity (Wildman–Crippen MR) is 77.6 cm³/mol. The normalized spacial score (nSPS) is 13.1. The van der Waals surface area contributed by atoms with Gasteiger partial charge in [-0.2, -0.15) is 0 Å². The Bertz CT molecular complexity index is 316. The summed E-state index contributed by atoms with van der Waals surface area (Å²) in [4.78, 5) is 28.2. The maximum absolute atomic E-state index is 11.4. The smallest absolute Gasteiger partial charge is 0.463 e. The van der Waals surface area contributed by atoms with E-state index in [1.165, 1.54) is 25.7 Å². The van der Waals surface area contributed by atoms with Crippen molar-refractivity contribution in [3.63, 3.8) is 0 Å². The lowest BCUT2D eigenvalue weighted by molar-refractivity contribution is -0.147. The van der Waals surface area contributed by atoms with Gasteiger partial charge in [0.25, 0.3) is 0 Å². The average Bonchev–Trinajstić information content (AvgIpc) is 2.41. The van der Waals surface area contributed by atoms with Crippen molar-refractivity contribution in [2.75, 3.05) is 13.2 Å². The van der Waals surface area contributed by atoms with Crippen molar-refractivity contribution >= 4 is 13.8 Å². The number of carbonyl (C=O) groups is 1. The predicted octanol–water partition coefficient (Wildman–Crippen LogP) is 2.14. The van der Waals surface area contributed by atoms with E-state index < -0.39 is 26.5 Å². The molecule has 1 unspecified atom stereocenters. The minimum absolute atomic E-state index is 0.292. The highest BCUT2D eigenvalue weighted by Crippen LogP contribution is 2.35. The molecule has 0 saturated heterocycles. The van der Waals surface area contributed by atoms with E-state index in [0.717, 1.165) is 19.3 Å². The van der Waals surface area contributed by atoms with Crippen LogP contribution in [0.2, 0.25) is 0 Å². The standard InChI is InChI=1S/C13H27O7P/c1-2-3-4-5-6-7-8-9-13(15)19-10-12(14)11-20-21(16,17)18/h12,14H,2-11H2,1H3,(H2,16,17,18). The van der Waals surface area contributed by atoms with Gasteiger partial charge < -0.3 is 19.6 Å². The van der Waals surface area contributed by atoms with Gasteiger partial charge in [-0.1, -0.05) is 45.4 Å². The van der Waals surface area contributed by atoms with E-state index in [2.05, 4.69) is 11.4 Å². The molecule has 0 heterocycles. The molecule has 0 saturated carbocycles. The van der Waals surface area contributed by atoms with E-state index in [1.54, 1.807) is 0 Å². The molecule has 8 heteroatoms. The Kier molecular flexibility index (Phi) is 11.9. The first-order valence-corrected chi connectivity index (χ1v) is 8.92. The van der Waals surface area contributed by atoms with Crippen LogP contribution < -0.4 is 0 Å². The number of hydrogen-bond acceptors (Lipinski definition) is 5. The van der Waals surface area contributed by atoms with Crippen molar-refractivity contribution < 1.29 is 33.5 Å². The summed E-state index contributed by atoms with van der Waals surface area (Å²) < 4.78 is 19.3. The molecule has 0 rings (SSSR count). The van der Waals surface area contributed by atoms with E-state index in [9.17, 15) is 14.5 Å². The zero-order valence-corrected chi connectivity index (χ0v) is 13.5. The first-order valence-electron chi connectivity index (χ1n) is 7.39. The zero-order valence-electron chi connectivity index (χ0n) is 12.6. The number of hydrogen-bond donors (Lipinski definition) is 3. The van der Waals surface area contributed by atoms with Gasteiger partial charge in [-0.25, -0.2) is 4.57 Å². The van der Waals surface area contributed by atoms with Gasteiger partial charge in [0.05, 0.1) is 6.61 Å². The first-order chi connectivity index (χ1) is 9.85. The van der Waals surface area contributed by atoms with Crippen molar-refractivity contribution in [1.82, 2.24) is 0 Å². The Balaban J connectivity index is 3.47. The summed E-state index contributed by atoms with van der Waals surface area (Å²) in [6.07, 6.45) is 6.75. The van der Waals surface area contributed by atoms with Crippen molar-refractivity contribution in [2.24, 2.45) is 0 Å². The molecule has 7 nitrogen and oxygen atoms in total. The number of aliphatic hydroxyl groups excluding tert-OH is 1. The summed E-state index contributed by atoms with van der Waals surface area (Å²) in [7, 11) is -4.60. The lowest BCUT2D eigenvalue weighted by Crippen LogP contribution is -2.23. The summed E-state index contributed by atoms with van der Waals surface area (Å²) in [5, 5.41) is 9.31. The Morgan fingerprint density at radius 2 is 1.62 bits per heavy atom. The molecule has 0 aromatic rings. The zero-order chi connectivity index (χ0) is 16.1. The molecule has 0 aliphatic heterocycles. The average molecular weight is 326 g/mol. The highest BCUT2D eigenvalue weighted by molar-refractivity contribution is 7.46. The molecule has 21 heavy (non-hydrogen) atoms. The lowest BCUT2D eigenvalue weighted by Gasteiger charge is -2.12. The second-order valence-corrected chi connectivity index (χ2v) is 6.23. The van der Waals surface area contributed by atoms with Crippen molar-refractivity contribution in [1.29, 1.82) is 0 Å². The summed E-state index contributed by atoms with van der Waals surface area (Å²) >= 11 is 0. The van der Waals surface area contributed by atoms with Crippen LogP contribution >= 0.6 is 7.82 Å². The molecule has 0 amide bonds. The van der Waals surface area contributed by atoms with Crippen LogP contribution in [0.4, 0.5) is 0 Å². The molecule has 0 bridgehead atoms. The monoisotopic (exact) mass is 326 g/mol. The highest BCUT2D eigenvalue weighted by atomic mass is 31.2. The lowest BCUT2D eigenvalue weighted by atomic mass is 10.1. The number of rotatable bonds is 13. The molecule has 0 aliphatic rings. The van der Waals surface area contributed by atoms with Gasteiger partial charge in [0.15, 0.2) is 0 Å². The Hall–Kier alpha value is -0.460. The second kappa shape index (κ2) is 12.1. The molecule has 0 aliphatic carbocycles. The fourth-order valence-corrected chi connectivity index (χ4v) is 2.09. The van der Waals surface area contributed by atoms with E-state index in [1.807, 2.05) is 0 Å². The Morgan fingerprint density at radius 1 is 1.05 bits per heavy atom. The molecule has 0 spiro atoms. The number of aliphatic hydroxyl groups is 1. The minimum Gasteiger partial charge on any atom is -0.463 e. The number of esters is 1. The summed E-state index contributed by atoms with van der Waals surface area (Å²) in [5.41, 5.74) is 0.